The first-order chi connectivity index (χ1) is 9.81. The van der Waals surface area contributed by atoms with Crippen LogP contribution in [-0.4, -0.2) is 38.9 Å². The van der Waals surface area contributed by atoms with Crippen molar-refractivity contribution in [3.63, 3.8) is 0 Å². The summed E-state index contributed by atoms with van der Waals surface area (Å²) in [5.41, 5.74) is 0.740. The highest BCUT2D eigenvalue weighted by molar-refractivity contribution is 5.96. The van der Waals surface area contributed by atoms with Gasteiger partial charge in [-0.05, 0) is 12.1 Å². The monoisotopic (exact) mass is 268 g/mol. The maximum Gasteiger partial charge on any atom is 0.289 e. The van der Waals surface area contributed by atoms with Crippen molar-refractivity contribution < 1.29 is 9.21 Å². The van der Waals surface area contributed by atoms with Gasteiger partial charge < -0.3 is 9.32 Å². The van der Waals surface area contributed by atoms with Crippen molar-refractivity contribution in [3.8, 4) is 0 Å². The van der Waals surface area contributed by atoms with Crippen molar-refractivity contribution >= 4 is 16.9 Å². The van der Waals surface area contributed by atoms with Gasteiger partial charge in [0.05, 0.1) is 12.2 Å². The minimum absolute atomic E-state index is 0.0717. The average Bonchev–Trinajstić information content (AvgIpc) is 3.05. The molecule has 1 aromatic carbocycles. The van der Waals surface area contributed by atoms with E-state index in [2.05, 4.69) is 10.3 Å². The van der Waals surface area contributed by atoms with Gasteiger partial charge in [-0.15, -0.1) is 5.10 Å². The molecule has 2 aromatic heterocycles. The fourth-order valence-corrected chi connectivity index (χ4v) is 2.44. The molecule has 0 aliphatic carbocycles. The number of likely N-dealkylation sites (tertiary alicyclic amines) is 1. The number of hydrogen-bond acceptors (Lipinski definition) is 4. The number of carbonyl (C=O) groups excluding carboxylic acids is 1. The molecule has 6 heteroatoms. The van der Waals surface area contributed by atoms with Gasteiger partial charge in [-0.3, -0.25) is 4.79 Å². The molecule has 0 unspecified atom stereocenters. The third-order valence-electron chi connectivity index (χ3n) is 3.60. The van der Waals surface area contributed by atoms with E-state index in [4.69, 9.17) is 4.42 Å². The largest absolute Gasteiger partial charge is 0.451 e. The number of nitrogens with zero attached hydrogens (tertiary/aromatic N) is 4. The van der Waals surface area contributed by atoms with Crippen LogP contribution >= 0.6 is 0 Å². The molecule has 3 aromatic rings. The predicted molar refractivity (Wildman–Crippen MR) is 71.2 cm³/mol. The van der Waals surface area contributed by atoms with Crippen LogP contribution in [-0.2, 0) is 0 Å². The van der Waals surface area contributed by atoms with Crippen molar-refractivity contribution in [1.29, 1.82) is 0 Å². The highest BCUT2D eigenvalue weighted by Gasteiger charge is 2.34. The summed E-state index contributed by atoms with van der Waals surface area (Å²) in [7, 11) is 0. The molecule has 4 rings (SSSR count). The van der Waals surface area contributed by atoms with E-state index in [1.54, 1.807) is 21.8 Å². The molecular formula is C14H12N4O2. The Hall–Kier alpha value is -2.63. The van der Waals surface area contributed by atoms with Crippen molar-refractivity contribution in [2.24, 2.45) is 0 Å². The Balaban J connectivity index is 1.51. The van der Waals surface area contributed by atoms with Crippen molar-refractivity contribution in [2.45, 2.75) is 6.04 Å². The molecule has 1 aliphatic heterocycles. The van der Waals surface area contributed by atoms with E-state index < -0.39 is 0 Å². The molecule has 0 N–H and O–H groups in total. The molecule has 0 atom stereocenters. The van der Waals surface area contributed by atoms with Crippen LogP contribution in [0.3, 0.4) is 0 Å². The van der Waals surface area contributed by atoms with E-state index in [0.717, 1.165) is 11.0 Å². The Kier molecular flexibility index (Phi) is 2.35. The van der Waals surface area contributed by atoms with E-state index in [-0.39, 0.29) is 11.9 Å². The Bertz CT molecular complexity index is 723. The zero-order chi connectivity index (χ0) is 13.5. The van der Waals surface area contributed by atoms with Gasteiger partial charge in [0.2, 0.25) is 0 Å². The molecule has 0 bridgehead atoms. The second-order valence-electron chi connectivity index (χ2n) is 4.90. The van der Waals surface area contributed by atoms with Gasteiger partial charge in [0.15, 0.2) is 5.76 Å². The zero-order valence-electron chi connectivity index (χ0n) is 10.6. The predicted octanol–water partition coefficient (Wildman–Crippen LogP) is 1.72. The minimum Gasteiger partial charge on any atom is -0.451 e. The fourth-order valence-electron chi connectivity index (χ4n) is 2.44. The van der Waals surface area contributed by atoms with Crippen LogP contribution in [0.1, 0.15) is 16.6 Å². The Morgan fingerprint density at radius 1 is 1.30 bits per heavy atom. The lowest BCUT2D eigenvalue weighted by molar-refractivity contribution is 0.0469. The van der Waals surface area contributed by atoms with Gasteiger partial charge in [0.1, 0.15) is 5.58 Å². The topological polar surface area (TPSA) is 64.2 Å². The highest BCUT2D eigenvalue weighted by Crippen LogP contribution is 2.25. The summed E-state index contributed by atoms with van der Waals surface area (Å²) in [5, 5.41) is 8.67. The van der Waals surface area contributed by atoms with Crippen LogP contribution in [0.5, 0.6) is 0 Å². The van der Waals surface area contributed by atoms with Crippen LogP contribution in [0, 0.1) is 0 Å². The molecule has 100 valence electrons. The second-order valence-corrected chi connectivity index (χ2v) is 4.90. The molecule has 1 fully saturated rings. The molecule has 0 spiro atoms. The number of carbonyl (C=O) groups is 1. The van der Waals surface area contributed by atoms with E-state index >= 15 is 0 Å². The van der Waals surface area contributed by atoms with Gasteiger partial charge in [0.25, 0.3) is 5.91 Å². The third-order valence-corrected chi connectivity index (χ3v) is 3.60. The lowest BCUT2D eigenvalue weighted by atomic mass is 10.1. The van der Waals surface area contributed by atoms with E-state index in [9.17, 15) is 4.79 Å². The number of para-hydroxylation sites is 1. The smallest absolute Gasteiger partial charge is 0.289 e. The average molecular weight is 268 g/mol. The summed E-state index contributed by atoms with van der Waals surface area (Å²) < 4.78 is 7.37. The van der Waals surface area contributed by atoms with Crippen LogP contribution in [0.15, 0.2) is 47.1 Å². The number of hydrogen-bond donors (Lipinski definition) is 0. The summed E-state index contributed by atoms with van der Waals surface area (Å²) in [6.45, 7) is 1.28. The Morgan fingerprint density at radius 2 is 2.15 bits per heavy atom. The van der Waals surface area contributed by atoms with Gasteiger partial charge >= 0.3 is 0 Å². The van der Waals surface area contributed by atoms with E-state index in [1.165, 1.54) is 0 Å². The summed E-state index contributed by atoms with van der Waals surface area (Å²) in [6.07, 6.45) is 3.46. The van der Waals surface area contributed by atoms with Crippen LogP contribution in [0.25, 0.3) is 11.0 Å². The normalized spacial score (nSPS) is 15.5. The van der Waals surface area contributed by atoms with Crippen molar-refractivity contribution in [1.82, 2.24) is 19.9 Å². The Labute approximate surface area is 114 Å². The van der Waals surface area contributed by atoms with Crippen LogP contribution in [0.2, 0.25) is 0 Å². The molecule has 1 aliphatic rings. The molecule has 20 heavy (non-hydrogen) atoms. The summed E-state index contributed by atoms with van der Waals surface area (Å²) >= 11 is 0. The molecule has 1 amide bonds. The first-order valence-corrected chi connectivity index (χ1v) is 6.45. The minimum atomic E-state index is -0.0717. The van der Waals surface area contributed by atoms with Crippen LogP contribution < -0.4 is 0 Å². The number of fused-ring (bicyclic) bond motifs is 1. The molecule has 3 heterocycles. The standard InChI is InChI=1S/C14H12N4O2/c19-14(13-7-10-3-1-2-4-12(10)20-13)17-8-11(9-17)18-6-5-15-16-18/h1-7,11H,8-9H2. The Morgan fingerprint density at radius 3 is 2.90 bits per heavy atom. The number of rotatable bonds is 2. The third kappa shape index (κ3) is 1.69. The number of aromatic nitrogens is 3. The summed E-state index contributed by atoms with van der Waals surface area (Å²) in [6, 6.07) is 9.62. The first kappa shape index (κ1) is 11.2. The number of benzene rings is 1. The van der Waals surface area contributed by atoms with Gasteiger partial charge in [-0.25, -0.2) is 4.68 Å². The highest BCUT2D eigenvalue weighted by atomic mass is 16.3. The van der Waals surface area contributed by atoms with Crippen molar-refractivity contribution in [2.75, 3.05) is 13.1 Å². The maximum absolute atomic E-state index is 12.3. The van der Waals surface area contributed by atoms with Crippen LogP contribution in [0.4, 0.5) is 0 Å². The van der Waals surface area contributed by atoms with Gasteiger partial charge in [-0.2, -0.15) is 0 Å². The summed E-state index contributed by atoms with van der Waals surface area (Å²) in [4.78, 5) is 14.1. The van der Waals surface area contributed by atoms with Gasteiger partial charge in [0, 0.05) is 24.7 Å². The molecule has 0 radical (unpaired) electrons. The quantitative estimate of drug-likeness (QED) is 0.710. The molecule has 0 saturated carbocycles. The second kappa shape index (κ2) is 4.19. The zero-order valence-corrected chi connectivity index (χ0v) is 10.6. The molecular weight excluding hydrogens is 256 g/mol. The fraction of sp³-hybridized carbons (Fsp3) is 0.214. The maximum atomic E-state index is 12.3. The van der Waals surface area contributed by atoms with Crippen molar-refractivity contribution in [3.05, 3.63) is 48.5 Å². The lowest BCUT2D eigenvalue weighted by Crippen LogP contribution is -2.50. The molecule has 1 saturated heterocycles. The number of amides is 1. The van der Waals surface area contributed by atoms with Gasteiger partial charge in [-0.1, -0.05) is 23.4 Å². The first-order valence-electron chi connectivity index (χ1n) is 6.45. The summed E-state index contributed by atoms with van der Waals surface area (Å²) in [5.74, 6) is 0.320. The van der Waals surface area contributed by atoms with E-state index in [0.29, 0.717) is 18.8 Å². The number of furan rings is 1. The van der Waals surface area contributed by atoms with E-state index in [1.807, 2.05) is 30.5 Å². The lowest BCUT2D eigenvalue weighted by Gasteiger charge is -2.38. The molecule has 6 nitrogen and oxygen atoms in total. The SMILES string of the molecule is O=C(c1cc2ccccc2o1)N1CC(n2ccnn2)C1.